The maximum Gasteiger partial charge on any atom is 0.412 e. The van der Waals surface area contributed by atoms with Crippen LogP contribution in [-0.4, -0.2) is 47.8 Å². The number of carbonyl (C=O) groups excluding carboxylic acids is 2. The van der Waals surface area contributed by atoms with Crippen molar-refractivity contribution >= 4 is 46.4 Å². The number of thioether (sulfide) groups is 1. The number of carbonyl (C=O) groups is 2. The molecule has 0 radical (unpaired) electrons. The monoisotopic (exact) mass is 437 g/mol. The first-order chi connectivity index (χ1) is 14.1. The Morgan fingerprint density at radius 2 is 2.00 bits per heavy atom. The number of hydrogen-bond donors (Lipinski definition) is 2. The average molecular weight is 438 g/mol. The van der Waals surface area contributed by atoms with Gasteiger partial charge in [-0.25, -0.2) is 14.4 Å². The zero-order chi connectivity index (χ0) is 22.5. The number of methoxy groups -OCH3 is 1. The van der Waals surface area contributed by atoms with E-state index < -0.39 is 29.3 Å². The second kappa shape index (κ2) is 9.84. The van der Waals surface area contributed by atoms with E-state index in [4.69, 9.17) is 13.9 Å². The average Bonchev–Trinajstić information content (AvgIpc) is 2.65. The highest BCUT2D eigenvalue weighted by molar-refractivity contribution is 7.98. The van der Waals surface area contributed by atoms with Crippen molar-refractivity contribution in [3.63, 3.8) is 0 Å². The van der Waals surface area contributed by atoms with E-state index in [9.17, 15) is 14.4 Å². The summed E-state index contributed by atoms with van der Waals surface area (Å²) in [7, 11) is 1.29. The van der Waals surface area contributed by atoms with Crippen molar-refractivity contribution < 1.29 is 23.5 Å². The minimum absolute atomic E-state index is 0.0729. The van der Waals surface area contributed by atoms with Crippen LogP contribution in [0.25, 0.3) is 10.9 Å². The molecule has 0 bridgehead atoms. The molecule has 164 valence electrons. The largest absolute Gasteiger partial charge is 0.467 e. The second-order valence-corrected chi connectivity index (χ2v) is 8.55. The Morgan fingerprint density at radius 3 is 2.60 bits per heavy atom. The van der Waals surface area contributed by atoms with Crippen LogP contribution in [-0.2, 0) is 14.3 Å². The van der Waals surface area contributed by atoms with Crippen LogP contribution in [0, 0.1) is 6.92 Å². The van der Waals surface area contributed by atoms with Crippen LogP contribution in [0.4, 0.5) is 16.5 Å². The molecular weight excluding hydrogens is 410 g/mol. The fourth-order valence-corrected chi connectivity index (χ4v) is 3.18. The summed E-state index contributed by atoms with van der Waals surface area (Å²) in [6, 6.07) is 2.45. The summed E-state index contributed by atoms with van der Waals surface area (Å²) in [4.78, 5) is 40.9. The third kappa shape index (κ3) is 6.12. The third-order valence-corrected chi connectivity index (χ3v) is 4.73. The lowest BCUT2D eigenvalue weighted by molar-refractivity contribution is -0.141. The van der Waals surface area contributed by atoms with Gasteiger partial charge in [-0.1, -0.05) is 0 Å². The van der Waals surface area contributed by atoms with Gasteiger partial charge in [0.2, 0.25) is 0 Å². The lowest BCUT2D eigenvalue weighted by atomic mass is 10.1. The molecule has 0 aliphatic carbocycles. The third-order valence-electron chi connectivity index (χ3n) is 4.09. The zero-order valence-electron chi connectivity index (χ0n) is 18.0. The molecule has 1 heterocycles. The van der Waals surface area contributed by atoms with Crippen LogP contribution < -0.4 is 16.3 Å². The summed E-state index contributed by atoms with van der Waals surface area (Å²) < 4.78 is 15.3. The van der Waals surface area contributed by atoms with Gasteiger partial charge in [-0.2, -0.15) is 16.7 Å². The molecule has 1 aromatic heterocycles. The number of aryl methyl sites for hydroxylation is 1. The number of amides is 1. The highest BCUT2D eigenvalue weighted by atomic mass is 32.2. The lowest BCUT2D eigenvalue weighted by Crippen LogP contribution is -2.32. The number of esters is 1. The van der Waals surface area contributed by atoms with Crippen molar-refractivity contribution in [1.29, 1.82) is 0 Å². The highest BCUT2D eigenvalue weighted by Crippen LogP contribution is 2.24. The molecule has 1 atom stereocenters. The van der Waals surface area contributed by atoms with Crippen molar-refractivity contribution in [2.45, 2.75) is 45.8 Å². The molecule has 0 aliphatic heterocycles. The smallest absolute Gasteiger partial charge is 0.412 e. The van der Waals surface area contributed by atoms with Crippen molar-refractivity contribution in [2.75, 3.05) is 29.8 Å². The van der Waals surface area contributed by atoms with Crippen molar-refractivity contribution in [3.8, 4) is 0 Å². The Kier molecular flexibility index (Phi) is 7.71. The number of nitrogens with one attached hydrogen (secondary N) is 2. The van der Waals surface area contributed by atoms with Gasteiger partial charge in [0.25, 0.3) is 6.01 Å². The fourth-order valence-electron chi connectivity index (χ4n) is 2.71. The number of hydrogen-bond acceptors (Lipinski definition) is 9. The maximum absolute atomic E-state index is 12.6. The maximum atomic E-state index is 12.6. The molecule has 2 N–H and O–H groups in total. The van der Waals surface area contributed by atoms with Gasteiger partial charge in [0.1, 0.15) is 11.6 Å². The van der Waals surface area contributed by atoms with Crippen molar-refractivity contribution in [2.24, 2.45) is 0 Å². The zero-order valence-corrected chi connectivity index (χ0v) is 18.8. The molecular formula is C20H27N3O6S. The Labute approximate surface area is 178 Å². The molecule has 1 aromatic carbocycles. The first-order valence-electron chi connectivity index (χ1n) is 9.33. The van der Waals surface area contributed by atoms with Gasteiger partial charge in [0.15, 0.2) is 0 Å². The molecule has 10 heteroatoms. The number of benzene rings is 1. The Balaban J connectivity index is 2.33. The Morgan fingerprint density at radius 1 is 1.30 bits per heavy atom. The standard InChI is InChI=1S/C20H27N3O6S/c1-11-12(23-19(26)29-20(2,3)4)7-8-13-15(11)17(25)28-18(21-13)22-14(9-10-30-6)16(24)27-5/h7-8,14H,9-10H2,1-6H3,(H,21,22)(H,23,26)/t14-/m0/s1. The normalized spacial score (nSPS) is 12.3. The Bertz CT molecular complexity index is 983. The van der Waals surface area contributed by atoms with Crippen LogP contribution in [0.1, 0.15) is 32.8 Å². The van der Waals surface area contributed by atoms with E-state index in [1.165, 1.54) is 7.11 Å². The van der Waals surface area contributed by atoms with Gasteiger partial charge in [-0.05, 0) is 63.8 Å². The fraction of sp³-hybridized carbons (Fsp3) is 0.500. The van der Waals surface area contributed by atoms with Crippen molar-refractivity contribution in [1.82, 2.24) is 4.98 Å². The summed E-state index contributed by atoms with van der Waals surface area (Å²) in [5.41, 5.74) is -0.00422. The molecule has 0 saturated heterocycles. The SMILES string of the molecule is COC(=O)[C@H](CCSC)Nc1nc2ccc(NC(=O)OC(C)(C)C)c(C)c2c(=O)o1. The van der Waals surface area contributed by atoms with Gasteiger partial charge < -0.3 is 19.2 Å². The number of fused-ring (bicyclic) bond motifs is 1. The number of rotatable bonds is 7. The summed E-state index contributed by atoms with van der Waals surface area (Å²) in [6.07, 6.45) is 1.78. The van der Waals surface area contributed by atoms with Gasteiger partial charge >= 0.3 is 17.7 Å². The predicted octanol–water partition coefficient (Wildman–Crippen LogP) is 3.55. The molecule has 0 fully saturated rings. The molecule has 2 aromatic rings. The van der Waals surface area contributed by atoms with Gasteiger partial charge in [-0.3, -0.25) is 5.32 Å². The Hall–Kier alpha value is -2.75. The second-order valence-electron chi connectivity index (χ2n) is 7.57. The first-order valence-corrected chi connectivity index (χ1v) is 10.7. The van der Waals surface area contributed by atoms with Crippen LogP contribution in [0.2, 0.25) is 0 Å². The van der Waals surface area contributed by atoms with Crippen LogP contribution in [0.15, 0.2) is 21.3 Å². The van der Waals surface area contributed by atoms with E-state index in [0.717, 1.165) is 0 Å². The van der Waals surface area contributed by atoms with E-state index in [2.05, 4.69) is 15.6 Å². The molecule has 9 nitrogen and oxygen atoms in total. The summed E-state index contributed by atoms with van der Waals surface area (Å²) >= 11 is 1.58. The number of anilines is 2. The first kappa shape index (κ1) is 23.5. The molecule has 2 rings (SSSR count). The minimum Gasteiger partial charge on any atom is -0.467 e. The van der Waals surface area contributed by atoms with Gasteiger partial charge in [0, 0.05) is 5.69 Å². The topological polar surface area (TPSA) is 120 Å². The van der Waals surface area contributed by atoms with Crippen molar-refractivity contribution in [3.05, 3.63) is 28.1 Å². The van der Waals surface area contributed by atoms with Crippen LogP contribution in [0.3, 0.4) is 0 Å². The molecule has 0 aliphatic rings. The van der Waals surface area contributed by atoms with E-state index in [1.807, 2.05) is 6.26 Å². The van der Waals surface area contributed by atoms with Gasteiger partial charge in [-0.15, -0.1) is 0 Å². The number of nitrogens with zero attached hydrogens (tertiary/aromatic N) is 1. The van der Waals surface area contributed by atoms with Crippen LogP contribution >= 0.6 is 11.8 Å². The molecule has 1 amide bonds. The molecule has 0 saturated carbocycles. The van der Waals surface area contributed by atoms with E-state index >= 15 is 0 Å². The molecule has 0 spiro atoms. The van der Waals surface area contributed by atoms with Gasteiger partial charge in [0.05, 0.1) is 18.0 Å². The summed E-state index contributed by atoms with van der Waals surface area (Å²) in [5.74, 6) is 0.241. The molecule has 30 heavy (non-hydrogen) atoms. The minimum atomic E-state index is -0.690. The number of aromatic nitrogens is 1. The molecule has 0 unspecified atom stereocenters. The van der Waals surface area contributed by atoms with Crippen LogP contribution in [0.5, 0.6) is 0 Å². The summed E-state index contributed by atoms with van der Waals surface area (Å²) in [6.45, 7) is 6.95. The van der Waals surface area contributed by atoms with E-state index in [1.54, 1.807) is 51.6 Å². The lowest BCUT2D eigenvalue weighted by Gasteiger charge is -2.20. The van der Waals surface area contributed by atoms with E-state index in [-0.39, 0.29) is 11.4 Å². The predicted molar refractivity (Wildman–Crippen MR) is 117 cm³/mol. The van der Waals surface area contributed by atoms with E-state index in [0.29, 0.717) is 28.9 Å². The quantitative estimate of drug-likeness (QED) is 0.627. The highest BCUT2D eigenvalue weighted by Gasteiger charge is 2.22. The number of ether oxygens (including phenoxy) is 2. The summed E-state index contributed by atoms with van der Waals surface area (Å²) in [5, 5.41) is 5.69.